The van der Waals surface area contributed by atoms with Gasteiger partial charge in [0.2, 0.25) is 5.91 Å². The van der Waals surface area contributed by atoms with Gasteiger partial charge in [0.1, 0.15) is 5.69 Å². The lowest BCUT2D eigenvalue weighted by molar-refractivity contribution is -0.117. The van der Waals surface area contributed by atoms with Crippen LogP contribution in [0.5, 0.6) is 0 Å². The lowest BCUT2D eigenvalue weighted by Gasteiger charge is -2.17. The van der Waals surface area contributed by atoms with Crippen LogP contribution in [0.1, 0.15) is 27.2 Å². The van der Waals surface area contributed by atoms with Crippen LogP contribution in [-0.4, -0.2) is 36.0 Å². The molecule has 8 nitrogen and oxygen atoms in total. The van der Waals surface area contributed by atoms with E-state index in [-0.39, 0.29) is 11.3 Å². The van der Waals surface area contributed by atoms with Crippen molar-refractivity contribution < 1.29 is 4.79 Å². The molecular formula is C28H25N7OS. The second kappa shape index (κ2) is 8.94. The van der Waals surface area contributed by atoms with Gasteiger partial charge in [-0.1, -0.05) is 26.8 Å². The largest absolute Gasteiger partial charge is 0.352 e. The van der Waals surface area contributed by atoms with Gasteiger partial charge in [-0.05, 0) is 35.1 Å². The molecule has 0 aromatic carbocycles. The number of carbonyl (C=O) groups is 1. The summed E-state index contributed by atoms with van der Waals surface area (Å²) >= 11 is 1.69. The molecule has 0 radical (unpaired) electrons. The zero-order chi connectivity index (χ0) is 25.6. The number of hydrogen-bond acceptors (Lipinski definition) is 6. The summed E-state index contributed by atoms with van der Waals surface area (Å²) in [7, 11) is 0. The molecule has 0 saturated carbocycles. The third kappa shape index (κ3) is 4.61. The van der Waals surface area contributed by atoms with Crippen molar-refractivity contribution in [2.45, 2.75) is 27.2 Å². The number of nitrogens with one attached hydrogen (secondary N) is 3. The predicted octanol–water partition coefficient (Wildman–Crippen LogP) is 6.67. The molecule has 6 rings (SSSR count). The Morgan fingerprint density at radius 1 is 1.00 bits per heavy atom. The highest BCUT2D eigenvalue weighted by molar-refractivity contribution is 7.13. The smallest absolute Gasteiger partial charge is 0.224 e. The van der Waals surface area contributed by atoms with E-state index in [0.29, 0.717) is 17.8 Å². The van der Waals surface area contributed by atoms with E-state index in [9.17, 15) is 4.79 Å². The lowest BCUT2D eigenvalue weighted by Crippen LogP contribution is -2.19. The van der Waals surface area contributed by atoms with Gasteiger partial charge in [-0.25, -0.2) is 4.98 Å². The minimum absolute atomic E-state index is 0.0348. The minimum atomic E-state index is -0.0923. The SMILES string of the molecule is CC(C)(C)CC(=O)Nc1cncc(-c2cnc3[nH]nc(-c4cc5c(-c6cccs6)cncc5[nH]4)c3c2)c1. The summed E-state index contributed by atoms with van der Waals surface area (Å²) in [5.74, 6) is -0.0348. The Morgan fingerprint density at radius 2 is 1.84 bits per heavy atom. The standard InChI is InChI=1S/C28H25N7OS/c1-28(2,3)10-25(36)32-18-7-16(11-29-13-18)17-8-20-26(34-35-27(20)31-12-17)22-9-19-21(24-5-4-6-37-24)14-30-15-23(19)33-22/h4-9,11-15,33H,10H2,1-3H3,(H,32,36)(H,31,34,35). The molecule has 0 unspecified atom stereocenters. The Hall–Kier alpha value is -4.37. The second-order valence-electron chi connectivity index (χ2n) is 10.2. The van der Waals surface area contributed by atoms with E-state index in [4.69, 9.17) is 0 Å². The third-order valence-corrected chi connectivity index (χ3v) is 6.95. The van der Waals surface area contributed by atoms with Gasteiger partial charge in [-0.2, -0.15) is 5.10 Å². The molecule has 0 aliphatic carbocycles. The first-order chi connectivity index (χ1) is 17.8. The van der Waals surface area contributed by atoms with Crippen molar-refractivity contribution in [1.82, 2.24) is 30.1 Å². The Balaban J connectivity index is 1.36. The highest BCUT2D eigenvalue weighted by atomic mass is 32.1. The van der Waals surface area contributed by atoms with Crippen molar-refractivity contribution in [3.63, 3.8) is 0 Å². The molecule has 0 bridgehead atoms. The molecule has 0 atom stereocenters. The van der Waals surface area contributed by atoms with E-state index in [1.165, 1.54) is 4.88 Å². The summed E-state index contributed by atoms with van der Waals surface area (Å²) in [6.45, 7) is 6.12. The first kappa shape index (κ1) is 23.1. The van der Waals surface area contributed by atoms with Gasteiger partial charge in [0.15, 0.2) is 5.65 Å². The van der Waals surface area contributed by atoms with Gasteiger partial charge < -0.3 is 10.3 Å². The fourth-order valence-electron chi connectivity index (χ4n) is 4.43. The van der Waals surface area contributed by atoms with Crippen LogP contribution in [-0.2, 0) is 4.79 Å². The summed E-state index contributed by atoms with van der Waals surface area (Å²) in [5, 5.41) is 14.6. The first-order valence-electron chi connectivity index (χ1n) is 11.9. The molecular weight excluding hydrogens is 482 g/mol. The van der Waals surface area contributed by atoms with Crippen molar-refractivity contribution in [2.24, 2.45) is 5.41 Å². The maximum Gasteiger partial charge on any atom is 0.224 e. The molecule has 184 valence electrons. The summed E-state index contributed by atoms with van der Waals surface area (Å²) in [4.78, 5) is 30.4. The van der Waals surface area contributed by atoms with Crippen LogP contribution in [0.25, 0.3) is 54.9 Å². The number of anilines is 1. The predicted molar refractivity (Wildman–Crippen MR) is 148 cm³/mol. The number of carbonyl (C=O) groups excluding carboxylic acids is 1. The Kier molecular flexibility index (Phi) is 5.57. The van der Waals surface area contributed by atoms with Gasteiger partial charge in [-0.3, -0.25) is 19.9 Å². The van der Waals surface area contributed by atoms with Crippen LogP contribution in [0.15, 0.2) is 66.7 Å². The average Bonchev–Trinajstić information content (AvgIpc) is 3.61. The fourth-order valence-corrected chi connectivity index (χ4v) is 5.18. The van der Waals surface area contributed by atoms with Gasteiger partial charge >= 0.3 is 0 Å². The summed E-state index contributed by atoms with van der Waals surface area (Å²) in [6.07, 6.45) is 9.37. The van der Waals surface area contributed by atoms with Crippen molar-refractivity contribution in [3.05, 3.63) is 66.7 Å². The highest BCUT2D eigenvalue weighted by Crippen LogP contribution is 2.35. The second-order valence-corrected chi connectivity index (χ2v) is 11.2. The van der Waals surface area contributed by atoms with Crippen LogP contribution in [0.3, 0.4) is 0 Å². The van der Waals surface area contributed by atoms with Gasteiger partial charge in [0, 0.05) is 57.4 Å². The summed E-state index contributed by atoms with van der Waals surface area (Å²) in [5.41, 5.74) is 6.69. The maximum atomic E-state index is 12.4. The van der Waals surface area contributed by atoms with E-state index < -0.39 is 0 Å². The molecule has 3 N–H and O–H groups in total. The molecule has 6 aromatic rings. The maximum absolute atomic E-state index is 12.4. The quantitative estimate of drug-likeness (QED) is 0.241. The van der Waals surface area contributed by atoms with Gasteiger partial charge in [0.25, 0.3) is 0 Å². The van der Waals surface area contributed by atoms with Crippen molar-refractivity contribution in [2.75, 3.05) is 5.32 Å². The van der Waals surface area contributed by atoms with Crippen LogP contribution in [0.4, 0.5) is 5.69 Å². The van der Waals surface area contributed by atoms with Crippen LogP contribution in [0.2, 0.25) is 0 Å². The molecule has 1 amide bonds. The zero-order valence-electron chi connectivity index (χ0n) is 20.7. The van der Waals surface area contributed by atoms with Crippen molar-refractivity contribution in [1.29, 1.82) is 0 Å². The number of rotatable bonds is 5. The normalized spacial score (nSPS) is 11.9. The molecule has 0 spiro atoms. The van der Waals surface area contributed by atoms with E-state index in [1.807, 2.05) is 51.4 Å². The number of pyridine rings is 3. The first-order valence-corrected chi connectivity index (χ1v) is 12.8. The number of nitrogens with zero attached hydrogens (tertiary/aromatic N) is 4. The van der Waals surface area contributed by atoms with Gasteiger partial charge in [0.05, 0.1) is 29.3 Å². The molecule has 0 aliphatic rings. The Bertz CT molecular complexity index is 1740. The number of fused-ring (bicyclic) bond motifs is 2. The topological polar surface area (TPSA) is 112 Å². The fraction of sp³-hybridized carbons (Fsp3) is 0.179. The molecule has 0 fully saturated rings. The average molecular weight is 508 g/mol. The number of aromatic nitrogens is 6. The molecule has 0 aliphatic heterocycles. The van der Waals surface area contributed by atoms with Crippen LogP contribution in [0, 0.1) is 5.41 Å². The monoisotopic (exact) mass is 507 g/mol. The number of H-pyrrole nitrogens is 2. The van der Waals surface area contributed by atoms with Crippen LogP contribution < -0.4 is 5.32 Å². The number of aromatic amines is 2. The minimum Gasteiger partial charge on any atom is -0.352 e. The molecule has 9 heteroatoms. The van der Waals surface area contributed by atoms with Crippen LogP contribution >= 0.6 is 11.3 Å². The Morgan fingerprint density at radius 3 is 2.65 bits per heavy atom. The van der Waals surface area contributed by atoms with Crippen molar-refractivity contribution >= 4 is 44.9 Å². The highest BCUT2D eigenvalue weighted by Gasteiger charge is 2.18. The zero-order valence-corrected chi connectivity index (χ0v) is 21.5. The molecule has 37 heavy (non-hydrogen) atoms. The number of amides is 1. The summed E-state index contributed by atoms with van der Waals surface area (Å²) < 4.78 is 0. The number of hydrogen-bond donors (Lipinski definition) is 3. The van der Waals surface area contributed by atoms with E-state index in [2.05, 4.69) is 53.0 Å². The third-order valence-electron chi connectivity index (χ3n) is 6.05. The molecule has 6 aromatic heterocycles. The van der Waals surface area contributed by atoms with E-state index in [0.717, 1.165) is 44.4 Å². The Labute approximate surface area is 217 Å². The molecule has 0 saturated heterocycles. The van der Waals surface area contributed by atoms with E-state index >= 15 is 0 Å². The van der Waals surface area contributed by atoms with Crippen molar-refractivity contribution in [3.8, 4) is 33.0 Å². The number of thiophene rings is 1. The van der Waals surface area contributed by atoms with Gasteiger partial charge in [-0.15, -0.1) is 11.3 Å². The summed E-state index contributed by atoms with van der Waals surface area (Å²) in [6, 6.07) is 10.2. The van der Waals surface area contributed by atoms with E-state index in [1.54, 1.807) is 29.9 Å². The molecule has 6 heterocycles. The lowest BCUT2D eigenvalue weighted by atomic mass is 9.92.